The number of imidazole rings is 1. The van der Waals surface area contributed by atoms with E-state index in [9.17, 15) is 9.59 Å². The first-order valence-electron chi connectivity index (χ1n) is 5.70. The van der Waals surface area contributed by atoms with E-state index in [1.807, 2.05) is 0 Å². The van der Waals surface area contributed by atoms with Crippen LogP contribution >= 0.6 is 12.2 Å². The van der Waals surface area contributed by atoms with Crippen molar-refractivity contribution in [1.29, 1.82) is 0 Å². The molecule has 0 aliphatic rings. The van der Waals surface area contributed by atoms with Crippen molar-refractivity contribution in [2.45, 2.75) is 20.8 Å². The predicted octanol–water partition coefficient (Wildman–Crippen LogP) is 1.30. The Hall–Kier alpha value is -1.96. The number of carbonyl (C=O) groups is 1. The lowest BCUT2D eigenvalue weighted by molar-refractivity contribution is -0.123. The highest BCUT2D eigenvalue weighted by Crippen LogP contribution is 2.15. The van der Waals surface area contributed by atoms with Gasteiger partial charge in [0.05, 0.1) is 0 Å². The standard InChI is InChI=1S/C11H15N5O2S/c1-11(2,3)8(18)15-9-12-6-5(7(17)14-9)16(4)10(19)13-6/h1-4H3,(H3,12,13,14,15,17,18,19). The smallest absolute Gasteiger partial charge is 0.278 e. The third-order valence-electron chi connectivity index (χ3n) is 2.67. The van der Waals surface area contributed by atoms with Crippen LogP contribution < -0.4 is 10.9 Å². The zero-order chi connectivity index (χ0) is 14.4. The Bertz CT molecular complexity index is 762. The Morgan fingerprint density at radius 1 is 1.37 bits per heavy atom. The van der Waals surface area contributed by atoms with Gasteiger partial charge in [-0.1, -0.05) is 20.8 Å². The van der Waals surface area contributed by atoms with E-state index in [4.69, 9.17) is 12.2 Å². The fourth-order valence-corrected chi connectivity index (χ4v) is 1.69. The number of hydrogen-bond donors (Lipinski definition) is 3. The van der Waals surface area contributed by atoms with Gasteiger partial charge in [0.25, 0.3) is 5.56 Å². The fraction of sp³-hybridized carbons (Fsp3) is 0.455. The second-order valence-corrected chi connectivity index (χ2v) is 5.69. The van der Waals surface area contributed by atoms with Crippen molar-refractivity contribution in [3.05, 3.63) is 15.1 Å². The van der Waals surface area contributed by atoms with Gasteiger partial charge in [0.2, 0.25) is 11.9 Å². The fourth-order valence-electron chi connectivity index (χ4n) is 1.51. The highest BCUT2D eigenvalue weighted by molar-refractivity contribution is 7.71. The Morgan fingerprint density at radius 2 is 2.00 bits per heavy atom. The molecular formula is C11H15N5O2S. The first-order chi connectivity index (χ1) is 8.70. The minimum Gasteiger partial charge on any atom is -0.315 e. The lowest BCUT2D eigenvalue weighted by Gasteiger charge is -2.16. The molecule has 0 unspecified atom stereocenters. The van der Waals surface area contributed by atoms with Crippen molar-refractivity contribution in [2.75, 3.05) is 5.32 Å². The van der Waals surface area contributed by atoms with E-state index in [0.717, 1.165) is 0 Å². The second kappa shape index (κ2) is 4.30. The number of nitrogens with one attached hydrogen (secondary N) is 3. The van der Waals surface area contributed by atoms with Gasteiger partial charge < -0.3 is 9.55 Å². The van der Waals surface area contributed by atoms with Crippen molar-refractivity contribution in [3.63, 3.8) is 0 Å². The molecule has 0 aromatic carbocycles. The summed E-state index contributed by atoms with van der Waals surface area (Å²) >= 11 is 5.03. The molecule has 19 heavy (non-hydrogen) atoms. The SMILES string of the molecule is Cn1c(=S)[nH]c2nc(NC(=O)C(C)(C)C)[nH]c(=O)c21. The summed E-state index contributed by atoms with van der Waals surface area (Å²) in [5.41, 5.74) is -0.236. The zero-order valence-corrected chi connectivity index (χ0v) is 11.9. The molecule has 2 rings (SSSR count). The van der Waals surface area contributed by atoms with Gasteiger partial charge in [-0.05, 0) is 12.2 Å². The summed E-state index contributed by atoms with van der Waals surface area (Å²) in [7, 11) is 1.67. The molecule has 0 saturated carbocycles. The van der Waals surface area contributed by atoms with Crippen LogP contribution in [0.4, 0.5) is 5.95 Å². The molecule has 2 aromatic heterocycles. The van der Waals surface area contributed by atoms with E-state index in [-0.39, 0.29) is 17.4 Å². The van der Waals surface area contributed by atoms with Gasteiger partial charge in [0.15, 0.2) is 15.9 Å². The number of carbonyl (C=O) groups excluding carboxylic acids is 1. The van der Waals surface area contributed by atoms with Gasteiger partial charge in [-0.25, -0.2) is 0 Å². The summed E-state index contributed by atoms with van der Waals surface area (Å²) in [5, 5.41) is 2.57. The third kappa shape index (κ3) is 2.43. The topological polar surface area (TPSA) is 95.6 Å². The minimum absolute atomic E-state index is 0.106. The van der Waals surface area contributed by atoms with Gasteiger partial charge in [-0.3, -0.25) is 19.9 Å². The van der Waals surface area contributed by atoms with Gasteiger partial charge in [0, 0.05) is 12.5 Å². The number of amides is 1. The van der Waals surface area contributed by atoms with E-state index >= 15 is 0 Å². The molecule has 1 amide bonds. The highest BCUT2D eigenvalue weighted by atomic mass is 32.1. The van der Waals surface area contributed by atoms with Crippen LogP contribution in [-0.2, 0) is 11.8 Å². The number of fused-ring (bicyclic) bond motifs is 1. The molecule has 2 aromatic rings. The lowest BCUT2D eigenvalue weighted by Crippen LogP contribution is -2.29. The predicted molar refractivity (Wildman–Crippen MR) is 74.6 cm³/mol. The summed E-state index contributed by atoms with van der Waals surface area (Å²) in [4.78, 5) is 33.3. The van der Waals surface area contributed by atoms with Gasteiger partial charge in [-0.15, -0.1) is 0 Å². The lowest BCUT2D eigenvalue weighted by atomic mass is 9.96. The molecule has 8 heteroatoms. The maximum absolute atomic E-state index is 11.9. The van der Waals surface area contributed by atoms with Crippen molar-refractivity contribution in [2.24, 2.45) is 12.5 Å². The maximum atomic E-state index is 11.9. The molecule has 0 bridgehead atoms. The molecule has 2 heterocycles. The number of aromatic nitrogens is 4. The summed E-state index contributed by atoms with van der Waals surface area (Å²) < 4.78 is 1.93. The second-order valence-electron chi connectivity index (χ2n) is 5.31. The van der Waals surface area contributed by atoms with Crippen LogP contribution in [0.25, 0.3) is 11.2 Å². The zero-order valence-electron chi connectivity index (χ0n) is 11.1. The van der Waals surface area contributed by atoms with E-state index in [1.165, 1.54) is 4.57 Å². The van der Waals surface area contributed by atoms with E-state index in [1.54, 1.807) is 27.8 Å². The molecule has 0 aliphatic carbocycles. The Balaban J connectivity index is 2.51. The van der Waals surface area contributed by atoms with E-state index in [2.05, 4.69) is 20.3 Å². The molecule has 0 fully saturated rings. The van der Waals surface area contributed by atoms with Crippen LogP contribution in [0.5, 0.6) is 0 Å². The first-order valence-corrected chi connectivity index (χ1v) is 6.11. The summed E-state index contributed by atoms with van der Waals surface area (Å²) in [6.45, 7) is 5.32. The van der Waals surface area contributed by atoms with Crippen molar-refractivity contribution >= 4 is 35.2 Å². The Morgan fingerprint density at radius 3 is 2.58 bits per heavy atom. The molecular weight excluding hydrogens is 266 g/mol. The van der Waals surface area contributed by atoms with Crippen LogP contribution in [0.1, 0.15) is 20.8 Å². The monoisotopic (exact) mass is 281 g/mol. The molecule has 0 spiro atoms. The van der Waals surface area contributed by atoms with Crippen LogP contribution in [-0.4, -0.2) is 25.4 Å². The number of H-pyrrole nitrogens is 2. The average Bonchev–Trinajstić information content (AvgIpc) is 2.53. The summed E-state index contributed by atoms with van der Waals surface area (Å²) in [6.07, 6.45) is 0. The quantitative estimate of drug-likeness (QED) is 0.687. The van der Waals surface area contributed by atoms with E-state index in [0.29, 0.717) is 15.9 Å². The van der Waals surface area contributed by atoms with Crippen molar-refractivity contribution in [1.82, 2.24) is 19.5 Å². The first kappa shape index (κ1) is 13.5. The number of hydrogen-bond acceptors (Lipinski definition) is 4. The average molecular weight is 281 g/mol. The Labute approximate surface area is 114 Å². The largest absolute Gasteiger partial charge is 0.315 e. The number of aromatic amines is 2. The van der Waals surface area contributed by atoms with Crippen LogP contribution in [0.3, 0.4) is 0 Å². The van der Waals surface area contributed by atoms with Crippen LogP contribution in [0.15, 0.2) is 4.79 Å². The Kier molecular flexibility index (Phi) is 3.05. The normalized spacial score (nSPS) is 11.8. The summed E-state index contributed by atoms with van der Waals surface area (Å²) in [5.74, 6) is -0.126. The van der Waals surface area contributed by atoms with Gasteiger partial charge in [0.1, 0.15) is 0 Å². The number of anilines is 1. The van der Waals surface area contributed by atoms with Crippen molar-refractivity contribution < 1.29 is 4.79 Å². The van der Waals surface area contributed by atoms with E-state index < -0.39 is 5.41 Å². The maximum Gasteiger partial charge on any atom is 0.278 e. The molecule has 3 N–H and O–H groups in total. The molecule has 0 saturated heterocycles. The molecule has 7 nitrogen and oxygen atoms in total. The molecule has 0 aliphatic heterocycles. The molecule has 0 atom stereocenters. The molecule has 0 radical (unpaired) electrons. The van der Waals surface area contributed by atoms with Gasteiger partial charge >= 0.3 is 0 Å². The number of aryl methyl sites for hydroxylation is 1. The van der Waals surface area contributed by atoms with Gasteiger partial charge in [-0.2, -0.15) is 4.98 Å². The third-order valence-corrected chi connectivity index (χ3v) is 3.05. The number of nitrogens with zero attached hydrogens (tertiary/aromatic N) is 2. The van der Waals surface area contributed by atoms with Crippen molar-refractivity contribution in [3.8, 4) is 0 Å². The molecule has 102 valence electrons. The van der Waals surface area contributed by atoms with Crippen LogP contribution in [0, 0.1) is 10.2 Å². The highest BCUT2D eigenvalue weighted by Gasteiger charge is 2.22. The summed E-state index contributed by atoms with van der Waals surface area (Å²) in [6, 6.07) is 0. The van der Waals surface area contributed by atoms with Crippen LogP contribution in [0.2, 0.25) is 0 Å². The minimum atomic E-state index is -0.572. The number of rotatable bonds is 1.